The topological polar surface area (TPSA) is 32.3 Å². The van der Waals surface area contributed by atoms with Crippen molar-refractivity contribution >= 4 is 5.91 Å². The summed E-state index contributed by atoms with van der Waals surface area (Å²) in [4.78, 5) is 15.0. The van der Waals surface area contributed by atoms with Crippen LogP contribution in [-0.2, 0) is 4.79 Å². The second-order valence-electron chi connectivity index (χ2n) is 7.11. The lowest BCUT2D eigenvalue weighted by Gasteiger charge is -2.34. The van der Waals surface area contributed by atoms with Gasteiger partial charge in [-0.05, 0) is 56.9 Å². The molecule has 5 atom stereocenters. The normalized spacial score (nSPS) is 43.4. The fourth-order valence-electron chi connectivity index (χ4n) is 4.67. The van der Waals surface area contributed by atoms with Gasteiger partial charge in [-0.2, -0.15) is 0 Å². The minimum Gasteiger partial charge on any atom is -0.338 e. The monoisotopic (exact) mass is 264 g/mol. The highest BCUT2D eigenvalue weighted by Crippen LogP contribution is 2.45. The predicted molar refractivity (Wildman–Crippen MR) is 76.8 cm³/mol. The maximum atomic E-state index is 12.8. The minimum absolute atomic E-state index is 0.0606. The summed E-state index contributed by atoms with van der Waals surface area (Å²) < 4.78 is 0. The molecule has 3 heteroatoms. The van der Waals surface area contributed by atoms with E-state index in [0.29, 0.717) is 17.9 Å². The van der Waals surface area contributed by atoms with Gasteiger partial charge in [0.05, 0.1) is 6.04 Å². The highest BCUT2D eigenvalue weighted by atomic mass is 16.2. The molecule has 0 aromatic carbocycles. The first-order valence-electron chi connectivity index (χ1n) is 8.16. The van der Waals surface area contributed by atoms with E-state index in [1.54, 1.807) is 0 Å². The molecule has 2 bridgehead atoms. The maximum Gasteiger partial charge on any atom is 0.239 e. The molecule has 1 saturated heterocycles. The Kier molecular flexibility index (Phi) is 3.84. The number of amides is 1. The second-order valence-corrected chi connectivity index (χ2v) is 7.11. The molecule has 5 unspecified atom stereocenters. The van der Waals surface area contributed by atoms with E-state index in [0.717, 1.165) is 24.8 Å². The van der Waals surface area contributed by atoms with E-state index < -0.39 is 0 Å². The molecular weight excluding hydrogens is 236 g/mol. The van der Waals surface area contributed by atoms with Crippen LogP contribution >= 0.6 is 0 Å². The first-order valence-corrected chi connectivity index (χ1v) is 8.16. The first kappa shape index (κ1) is 13.4. The van der Waals surface area contributed by atoms with Crippen molar-refractivity contribution in [2.45, 2.75) is 64.0 Å². The van der Waals surface area contributed by atoms with E-state index in [-0.39, 0.29) is 6.04 Å². The molecule has 0 spiro atoms. The number of nitrogens with one attached hydrogen (secondary N) is 1. The molecule has 1 amide bonds. The van der Waals surface area contributed by atoms with Crippen LogP contribution in [0, 0.1) is 17.8 Å². The molecule has 3 aliphatic rings. The van der Waals surface area contributed by atoms with Gasteiger partial charge in [0.1, 0.15) is 0 Å². The van der Waals surface area contributed by atoms with Gasteiger partial charge in [-0.15, -0.1) is 0 Å². The van der Waals surface area contributed by atoms with Crippen LogP contribution in [0.1, 0.15) is 51.9 Å². The molecule has 19 heavy (non-hydrogen) atoms. The number of carbonyl (C=O) groups is 1. The Bertz CT molecular complexity index is 344. The minimum atomic E-state index is 0.0606. The van der Waals surface area contributed by atoms with Crippen LogP contribution in [0.15, 0.2) is 0 Å². The average molecular weight is 264 g/mol. The summed E-state index contributed by atoms with van der Waals surface area (Å²) in [7, 11) is 1.93. The van der Waals surface area contributed by atoms with Gasteiger partial charge in [-0.3, -0.25) is 4.79 Å². The van der Waals surface area contributed by atoms with Gasteiger partial charge < -0.3 is 10.2 Å². The van der Waals surface area contributed by atoms with E-state index in [9.17, 15) is 4.79 Å². The third-order valence-electron chi connectivity index (χ3n) is 5.73. The predicted octanol–water partition coefficient (Wildman–Crippen LogP) is 2.41. The lowest BCUT2D eigenvalue weighted by molar-refractivity contribution is -0.136. The summed E-state index contributed by atoms with van der Waals surface area (Å²) in [5, 5.41) is 3.24. The SMILES string of the molecule is CNC1CCC(C)CN(C2CC3CCCC2C3)C1=O. The summed E-state index contributed by atoms with van der Waals surface area (Å²) in [5.74, 6) is 2.74. The zero-order chi connectivity index (χ0) is 13.4. The van der Waals surface area contributed by atoms with E-state index in [4.69, 9.17) is 0 Å². The molecular formula is C16H28N2O. The Morgan fingerprint density at radius 2 is 2.00 bits per heavy atom. The molecule has 3 fully saturated rings. The fourth-order valence-corrected chi connectivity index (χ4v) is 4.67. The fraction of sp³-hybridized carbons (Fsp3) is 0.938. The van der Waals surface area contributed by atoms with Gasteiger partial charge in [0.2, 0.25) is 5.91 Å². The summed E-state index contributed by atoms with van der Waals surface area (Å²) in [6, 6.07) is 0.613. The molecule has 1 N–H and O–H groups in total. The highest BCUT2D eigenvalue weighted by Gasteiger charge is 2.43. The van der Waals surface area contributed by atoms with E-state index in [1.807, 2.05) is 7.05 Å². The molecule has 1 aliphatic heterocycles. The van der Waals surface area contributed by atoms with Crippen molar-refractivity contribution in [1.29, 1.82) is 0 Å². The maximum absolute atomic E-state index is 12.8. The Morgan fingerprint density at radius 1 is 1.16 bits per heavy atom. The molecule has 2 saturated carbocycles. The Balaban J connectivity index is 1.78. The second kappa shape index (κ2) is 5.43. The quantitative estimate of drug-likeness (QED) is 0.830. The van der Waals surface area contributed by atoms with Crippen LogP contribution < -0.4 is 5.32 Å². The molecule has 0 aromatic heterocycles. The number of likely N-dealkylation sites (tertiary alicyclic amines) is 1. The lowest BCUT2D eigenvalue weighted by atomic mass is 9.88. The van der Waals surface area contributed by atoms with Crippen molar-refractivity contribution in [2.75, 3.05) is 13.6 Å². The van der Waals surface area contributed by atoms with Crippen molar-refractivity contribution in [3.8, 4) is 0 Å². The van der Waals surface area contributed by atoms with Crippen LogP contribution in [0.3, 0.4) is 0 Å². The molecule has 0 radical (unpaired) electrons. The summed E-state index contributed by atoms with van der Waals surface area (Å²) in [6.07, 6.45) is 8.98. The molecule has 3 nitrogen and oxygen atoms in total. The number of fused-ring (bicyclic) bond motifs is 2. The van der Waals surface area contributed by atoms with Crippen LogP contribution in [-0.4, -0.2) is 36.5 Å². The van der Waals surface area contributed by atoms with Gasteiger partial charge in [-0.1, -0.05) is 19.8 Å². The Hall–Kier alpha value is -0.570. The smallest absolute Gasteiger partial charge is 0.239 e. The van der Waals surface area contributed by atoms with Gasteiger partial charge in [0, 0.05) is 12.6 Å². The lowest BCUT2D eigenvalue weighted by Crippen LogP contribution is -2.50. The molecule has 1 heterocycles. The van der Waals surface area contributed by atoms with E-state index in [1.165, 1.54) is 38.5 Å². The number of rotatable bonds is 2. The molecule has 2 aliphatic carbocycles. The molecule has 3 rings (SSSR count). The largest absolute Gasteiger partial charge is 0.338 e. The van der Waals surface area contributed by atoms with Crippen molar-refractivity contribution in [1.82, 2.24) is 10.2 Å². The summed E-state index contributed by atoms with van der Waals surface area (Å²) in [5.41, 5.74) is 0. The van der Waals surface area contributed by atoms with Gasteiger partial charge >= 0.3 is 0 Å². The number of hydrogen-bond acceptors (Lipinski definition) is 2. The Morgan fingerprint density at radius 3 is 2.74 bits per heavy atom. The van der Waals surface area contributed by atoms with Crippen LogP contribution in [0.25, 0.3) is 0 Å². The van der Waals surface area contributed by atoms with Gasteiger partial charge in [0.15, 0.2) is 0 Å². The number of hydrogen-bond donors (Lipinski definition) is 1. The number of likely N-dealkylation sites (N-methyl/N-ethyl adjacent to an activating group) is 1. The Labute approximate surface area is 117 Å². The van der Waals surface area contributed by atoms with Crippen LogP contribution in [0.2, 0.25) is 0 Å². The highest BCUT2D eigenvalue weighted by molar-refractivity contribution is 5.82. The van der Waals surface area contributed by atoms with Crippen LogP contribution in [0.5, 0.6) is 0 Å². The third-order valence-corrected chi connectivity index (χ3v) is 5.73. The zero-order valence-corrected chi connectivity index (χ0v) is 12.4. The number of nitrogens with zero attached hydrogens (tertiary/aromatic N) is 1. The van der Waals surface area contributed by atoms with Crippen molar-refractivity contribution in [2.24, 2.45) is 17.8 Å². The third kappa shape index (κ3) is 2.54. The van der Waals surface area contributed by atoms with Gasteiger partial charge in [0.25, 0.3) is 0 Å². The average Bonchev–Trinajstić information content (AvgIpc) is 2.61. The molecule has 108 valence electrons. The number of carbonyl (C=O) groups excluding carboxylic acids is 1. The van der Waals surface area contributed by atoms with Crippen molar-refractivity contribution in [3.05, 3.63) is 0 Å². The first-order chi connectivity index (χ1) is 9.19. The van der Waals surface area contributed by atoms with Gasteiger partial charge in [-0.25, -0.2) is 0 Å². The summed E-state index contributed by atoms with van der Waals surface area (Å²) in [6.45, 7) is 3.30. The zero-order valence-electron chi connectivity index (χ0n) is 12.4. The van der Waals surface area contributed by atoms with Crippen molar-refractivity contribution < 1.29 is 4.79 Å². The van der Waals surface area contributed by atoms with E-state index >= 15 is 0 Å². The molecule has 0 aromatic rings. The van der Waals surface area contributed by atoms with Crippen LogP contribution in [0.4, 0.5) is 0 Å². The summed E-state index contributed by atoms with van der Waals surface area (Å²) >= 11 is 0. The standard InChI is InChI=1S/C16H28N2O/c1-11-6-7-14(17-2)16(19)18(10-11)15-9-12-4-3-5-13(15)8-12/h11-15,17H,3-10H2,1-2H3. The van der Waals surface area contributed by atoms with E-state index in [2.05, 4.69) is 17.1 Å². The van der Waals surface area contributed by atoms with Crippen molar-refractivity contribution in [3.63, 3.8) is 0 Å².